The Bertz CT molecular complexity index is 195. The summed E-state index contributed by atoms with van der Waals surface area (Å²) in [6.07, 6.45) is 0.120. The maximum absolute atomic E-state index is 9.85. The van der Waals surface area contributed by atoms with Crippen LogP contribution in [0.15, 0.2) is 0 Å². The largest absolute Gasteiger partial charge is 0.480 e. The van der Waals surface area contributed by atoms with E-state index in [4.69, 9.17) is 21.1 Å². The topological polar surface area (TPSA) is 124 Å². The van der Waals surface area contributed by atoms with E-state index in [1.807, 2.05) is 0 Å². The average molecular weight is 222 g/mol. The second-order valence-corrected chi connectivity index (χ2v) is 3.09. The summed E-state index contributed by atoms with van der Waals surface area (Å²) in [5.41, 5.74) is 4.97. The Labute approximate surface area is 88.1 Å². The van der Waals surface area contributed by atoms with Gasteiger partial charge in [-0.2, -0.15) is 0 Å². The molecule has 0 heterocycles. The third-order valence-corrected chi connectivity index (χ3v) is 1.21. The summed E-state index contributed by atoms with van der Waals surface area (Å²) >= 11 is 0. The molecule has 0 aliphatic heterocycles. The van der Waals surface area contributed by atoms with Gasteiger partial charge in [-0.1, -0.05) is 0 Å². The van der Waals surface area contributed by atoms with E-state index in [1.54, 1.807) is 19.0 Å². The first-order chi connectivity index (χ1) is 6.81. The van der Waals surface area contributed by atoms with Gasteiger partial charge in [-0.15, -0.1) is 0 Å². The maximum Gasteiger partial charge on any atom is 0.320 e. The molecule has 7 nitrogen and oxygen atoms in total. The van der Waals surface area contributed by atoms with Crippen LogP contribution in [0.25, 0.3) is 0 Å². The van der Waals surface area contributed by atoms with Crippen LogP contribution < -0.4 is 5.73 Å². The SMILES string of the molecule is CN(C)CC(=O)O.N[C@@H](CCO)C(=O)O. The Morgan fingerprint density at radius 1 is 1.33 bits per heavy atom. The number of nitrogens with zero attached hydrogens (tertiary/aromatic N) is 1. The van der Waals surface area contributed by atoms with Crippen LogP contribution in [0.1, 0.15) is 6.42 Å². The molecule has 0 aromatic rings. The van der Waals surface area contributed by atoms with Crippen molar-refractivity contribution in [3.8, 4) is 0 Å². The molecule has 0 fully saturated rings. The fraction of sp³-hybridized carbons (Fsp3) is 0.750. The molecule has 90 valence electrons. The van der Waals surface area contributed by atoms with Gasteiger partial charge < -0.3 is 21.1 Å². The lowest BCUT2D eigenvalue weighted by Gasteiger charge is -2.01. The van der Waals surface area contributed by atoms with Crippen molar-refractivity contribution in [2.24, 2.45) is 5.73 Å². The van der Waals surface area contributed by atoms with Crippen LogP contribution in [0.4, 0.5) is 0 Å². The summed E-state index contributed by atoms with van der Waals surface area (Å²) in [6, 6.07) is -0.917. The van der Waals surface area contributed by atoms with Gasteiger partial charge in [0.25, 0.3) is 0 Å². The molecule has 5 N–H and O–H groups in total. The summed E-state index contributed by atoms with van der Waals surface area (Å²) < 4.78 is 0. The number of carbonyl (C=O) groups is 2. The van der Waals surface area contributed by atoms with Crippen molar-refractivity contribution < 1.29 is 24.9 Å². The van der Waals surface area contributed by atoms with Gasteiger partial charge in [0.05, 0.1) is 6.54 Å². The zero-order chi connectivity index (χ0) is 12.4. The minimum atomic E-state index is -1.07. The normalized spacial score (nSPS) is 11.5. The highest BCUT2D eigenvalue weighted by Gasteiger charge is 2.08. The van der Waals surface area contributed by atoms with Crippen molar-refractivity contribution in [1.82, 2.24) is 4.90 Å². The van der Waals surface area contributed by atoms with Gasteiger partial charge in [-0.25, -0.2) is 0 Å². The monoisotopic (exact) mass is 222 g/mol. The number of carboxylic acids is 2. The lowest BCUT2D eigenvalue weighted by Crippen LogP contribution is -2.30. The molecule has 7 heteroatoms. The summed E-state index contributed by atoms with van der Waals surface area (Å²) in [4.78, 5) is 21.2. The summed E-state index contributed by atoms with van der Waals surface area (Å²) in [5.74, 6) is -1.86. The molecule has 0 aliphatic rings. The first kappa shape index (κ1) is 16.3. The lowest BCUT2D eigenvalue weighted by molar-refractivity contribution is -0.139. The van der Waals surface area contributed by atoms with E-state index < -0.39 is 18.0 Å². The van der Waals surface area contributed by atoms with Crippen molar-refractivity contribution in [2.45, 2.75) is 12.5 Å². The molecule has 0 saturated heterocycles. The number of carboxylic acid groups (broad SMARTS) is 2. The Balaban J connectivity index is 0. The fourth-order valence-corrected chi connectivity index (χ4v) is 0.533. The Hall–Kier alpha value is -1.18. The molecule has 0 aliphatic carbocycles. The van der Waals surface area contributed by atoms with Crippen LogP contribution >= 0.6 is 0 Å². The molecule has 0 rings (SSSR count). The van der Waals surface area contributed by atoms with Gasteiger partial charge in [-0.3, -0.25) is 14.5 Å². The third-order valence-electron chi connectivity index (χ3n) is 1.21. The van der Waals surface area contributed by atoms with Crippen molar-refractivity contribution in [3.05, 3.63) is 0 Å². The molecule has 0 spiro atoms. The zero-order valence-electron chi connectivity index (χ0n) is 8.88. The quantitative estimate of drug-likeness (QED) is 0.442. The Kier molecular flexibility index (Phi) is 10.2. The van der Waals surface area contributed by atoms with Gasteiger partial charge in [0, 0.05) is 6.61 Å². The summed E-state index contributed by atoms with van der Waals surface area (Å²) in [7, 11) is 3.43. The minimum absolute atomic E-state index is 0.111. The van der Waals surface area contributed by atoms with Gasteiger partial charge in [0.15, 0.2) is 0 Å². The van der Waals surface area contributed by atoms with Crippen LogP contribution in [-0.4, -0.2) is 65.4 Å². The summed E-state index contributed by atoms with van der Waals surface area (Å²) in [6.45, 7) is -0.0620. The minimum Gasteiger partial charge on any atom is -0.480 e. The molecule has 15 heavy (non-hydrogen) atoms. The number of rotatable bonds is 5. The highest BCUT2D eigenvalue weighted by molar-refractivity contribution is 5.72. The highest BCUT2D eigenvalue weighted by atomic mass is 16.4. The van der Waals surface area contributed by atoms with Crippen molar-refractivity contribution >= 4 is 11.9 Å². The molecule has 0 radical (unpaired) electrons. The van der Waals surface area contributed by atoms with Crippen molar-refractivity contribution in [2.75, 3.05) is 27.2 Å². The molecular weight excluding hydrogens is 204 g/mol. The van der Waals surface area contributed by atoms with Crippen LogP contribution in [0.2, 0.25) is 0 Å². The van der Waals surface area contributed by atoms with E-state index in [2.05, 4.69) is 0 Å². The van der Waals surface area contributed by atoms with Crippen LogP contribution in [0, 0.1) is 0 Å². The number of aliphatic hydroxyl groups excluding tert-OH is 1. The number of nitrogens with two attached hydrogens (primary N) is 1. The van der Waals surface area contributed by atoms with Gasteiger partial charge >= 0.3 is 11.9 Å². The molecule has 0 amide bonds. The molecule has 0 unspecified atom stereocenters. The second kappa shape index (κ2) is 9.38. The fourth-order valence-electron chi connectivity index (χ4n) is 0.533. The Morgan fingerprint density at radius 2 is 1.80 bits per heavy atom. The van der Waals surface area contributed by atoms with E-state index in [1.165, 1.54) is 0 Å². The number of likely N-dealkylation sites (N-methyl/N-ethyl adjacent to an activating group) is 1. The van der Waals surface area contributed by atoms with Crippen molar-refractivity contribution in [3.63, 3.8) is 0 Å². The summed E-state index contributed by atoms with van der Waals surface area (Å²) in [5, 5.41) is 24.3. The van der Waals surface area contributed by atoms with Gasteiger partial charge in [-0.05, 0) is 20.5 Å². The molecule has 0 bridgehead atoms. The number of aliphatic carboxylic acids is 2. The van der Waals surface area contributed by atoms with E-state index in [9.17, 15) is 9.59 Å². The number of aliphatic hydroxyl groups is 1. The lowest BCUT2D eigenvalue weighted by atomic mass is 10.2. The third kappa shape index (κ3) is 15.6. The molecule has 1 atom stereocenters. The predicted molar refractivity (Wildman–Crippen MR) is 53.5 cm³/mol. The van der Waals surface area contributed by atoms with E-state index in [0.717, 1.165) is 0 Å². The van der Waals surface area contributed by atoms with Crippen LogP contribution in [-0.2, 0) is 9.59 Å². The molecular formula is C8H18N2O5. The smallest absolute Gasteiger partial charge is 0.320 e. The molecule has 0 saturated carbocycles. The number of hydrogen-bond donors (Lipinski definition) is 4. The van der Waals surface area contributed by atoms with E-state index >= 15 is 0 Å². The average Bonchev–Trinajstić information content (AvgIpc) is 2.02. The maximum atomic E-state index is 9.85. The Morgan fingerprint density at radius 3 is 1.87 bits per heavy atom. The van der Waals surface area contributed by atoms with Gasteiger partial charge in [0.1, 0.15) is 6.04 Å². The van der Waals surface area contributed by atoms with E-state index in [0.29, 0.717) is 0 Å². The molecule has 0 aromatic carbocycles. The van der Waals surface area contributed by atoms with Crippen LogP contribution in [0.3, 0.4) is 0 Å². The highest BCUT2D eigenvalue weighted by Crippen LogP contribution is 1.83. The predicted octanol–water partition coefficient (Wildman–Crippen LogP) is -1.59. The second-order valence-electron chi connectivity index (χ2n) is 3.09. The standard InChI is InChI=1S/C4H9NO3.C4H9NO2/c5-3(1-2-6)4(7)8;1-5(2)3-4(6)7/h3,6H,1-2,5H2,(H,7,8);3H2,1-2H3,(H,6,7)/t3-;/m0./s1. The van der Waals surface area contributed by atoms with Gasteiger partial charge in [0.2, 0.25) is 0 Å². The molecule has 0 aromatic heterocycles. The van der Waals surface area contributed by atoms with Crippen molar-refractivity contribution in [1.29, 1.82) is 0 Å². The zero-order valence-corrected chi connectivity index (χ0v) is 8.88. The first-order valence-corrected chi connectivity index (χ1v) is 4.27. The number of hydrogen-bond acceptors (Lipinski definition) is 5. The first-order valence-electron chi connectivity index (χ1n) is 4.27. The van der Waals surface area contributed by atoms with Crippen LogP contribution in [0.5, 0.6) is 0 Å². The van der Waals surface area contributed by atoms with E-state index in [-0.39, 0.29) is 19.6 Å².